The molecule has 1 amide bonds. The van der Waals surface area contributed by atoms with Crippen molar-refractivity contribution in [3.63, 3.8) is 0 Å². The molecule has 1 saturated heterocycles. The van der Waals surface area contributed by atoms with Crippen LogP contribution in [0.4, 0.5) is 13.6 Å². The molecule has 0 spiro atoms. The van der Waals surface area contributed by atoms with Crippen molar-refractivity contribution < 1.29 is 23.1 Å². The minimum absolute atomic E-state index is 0.167. The van der Waals surface area contributed by atoms with Crippen LogP contribution in [0.15, 0.2) is 0 Å². The number of nitrogens with zero attached hydrogens (tertiary/aromatic N) is 1. The molecule has 1 aliphatic heterocycles. The van der Waals surface area contributed by atoms with Crippen molar-refractivity contribution in [1.29, 1.82) is 0 Å². The van der Waals surface area contributed by atoms with Gasteiger partial charge in [-0.05, 0) is 27.2 Å². The number of rotatable bonds is 3. The summed E-state index contributed by atoms with van der Waals surface area (Å²) in [6.07, 6.45) is -0.0575. The maximum absolute atomic E-state index is 13.3. The number of aldehydes is 1. The van der Waals surface area contributed by atoms with Crippen LogP contribution in [-0.2, 0) is 9.53 Å². The van der Waals surface area contributed by atoms with E-state index in [1.165, 1.54) is 0 Å². The van der Waals surface area contributed by atoms with E-state index >= 15 is 0 Å². The van der Waals surface area contributed by atoms with Crippen LogP contribution >= 0.6 is 0 Å². The van der Waals surface area contributed by atoms with E-state index in [9.17, 15) is 18.4 Å². The summed E-state index contributed by atoms with van der Waals surface area (Å²) in [7, 11) is 0. The fourth-order valence-electron chi connectivity index (χ4n) is 1.95. The Morgan fingerprint density at radius 2 is 2.11 bits per heavy atom. The summed E-state index contributed by atoms with van der Waals surface area (Å²) in [5.41, 5.74) is -0.718. The molecule has 104 valence electrons. The van der Waals surface area contributed by atoms with Crippen LogP contribution in [-0.4, -0.2) is 41.4 Å². The highest BCUT2D eigenvalue weighted by Gasteiger charge is 2.47. The number of halogens is 2. The van der Waals surface area contributed by atoms with Crippen molar-refractivity contribution in [1.82, 2.24) is 4.90 Å². The maximum atomic E-state index is 13.3. The van der Waals surface area contributed by atoms with Gasteiger partial charge in [0.15, 0.2) is 0 Å². The van der Waals surface area contributed by atoms with Crippen molar-refractivity contribution in [2.75, 3.05) is 6.54 Å². The van der Waals surface area contributed by atoms with Gasteiger partial charge in [-0.2, -0.15) is 0 Å². The van der Waals surface area contributed by atoms with Crippen molar-refractivity contribution in [3.8, 4) is 0 Å². The molecule has 0 aromatic carbocycles. The van der Waals surface area contributed by atoms with Crippen LogP contribution < -0.4 is 0 Å². The molecule has 1 rings (SSSR count). The number of amides is 1. The van der Waals surface area contributed by atoms with E-state index in [1.807, 2.05) is 0 Å². The van der Waals surface area contributed by atoms with Crippen LogP contribution in [0.1, 0.15) is 40.0 Å². The van der Waals surface area contributed by atoms with Gasteiger partial charge in [0.05, 0.1) is 6.54 Å². The third-order valence-corrected chi connectivity index (χ3v) is 2.62. The Kier molecular flexibility index (Phi) is 4.29. The van der Waals surface area contributed by atoms with Gasteiger partial charge in [0.1, 0.15) is 11.9 Å². The second-order valence-electron chi connectivity index (χ2n) is 5.57. The molecular weight excluding hydrogens is 244 g/mol. The molecule has 0 aromatic heterocycles. The summed E-state index contributed by atoms with van der Waals surface area (Å²) < 4.78 is 31.7. The van der Waals surface area contributed by atoms with Crippen molar-refractivity contribution in [2.45, 2.75) is 57.6 Å². The second kappa shape index (κ2) is 5.20. The van der Waals surface area contributed by atoms with Crippen LogP contribution in [0.5, 0.6) is 0 Å². The number of carbonyl (C=O) groups excluding carboxylic acids is 2. The fourth-order valence-corrected chi connectivity index (χ4v) is 1.95. The molecule has 18 heavy (non-hydrogen) atoms. The highest BCUT2D eigenvalue weighted by molar-refractivity contribution is 5.69. The van der Waals surface area contributed by atoms with Gasteiger partial charge >= 0.3 is 6.09 Å². The van der Waals surface area contributed by atoms with Gasteiger partial charge in [-0.25, -0.2) is 13.6 Å². The third-order valence-electron chi connectivity index (χ3n) is 2.62. The average Bonchev–Trinajstić information content (AvgIpc) is 2.48. The molecule has 0 N–H and O–H groups in total. The van der Waals surface area contributed by atoms with Gasteiger partial charge in [-0.1, -0.05) is 0 Å². The molecule has 0 saturated carbocycles. The summed E-state index contributed by atoms with van der Waals surface area (Å²) >= 11 is 0. The predicted molar refractivity (Wildman–Crippen MR) is 61.6 cm³/mol. The maximum Gasteiger partial charge on any atom is 0.410 e. The molecule has 0 bridgehead atoms. The molecule has 4 nitrogen and oxygen atoms in total. The quantitative estimate of drug-likeness (QED) is 0.735. The van der Waals surface area contributed by atoms with E-state index in [2.05, 4.69) is 0 Å². The Hall–Kier alpha value is -1.20. The number of alkyl halides is 2. The Labute approximate surface area is 105 Å². The molecule has 1 heterocycles. The van der Waals surface area contributed by atoms with E-state index in [1.54, 1.807) is 20.8 Å². The van der Waals surface area contributed by atoms with E-state index in [0.29, 0.717) is 6.29 Å². The number of ether oxygens (including phenoxy) is 1. The normalized spacial score (nSPS) is 22.9. The van der Waals surface area contributed by atoms with E-state index in [-0.39, 0.29) is 12.8 Å². The summed E-state index contributed by atoms with van der Waals surface area (Å²) in [5, 5.41) is 0. The SMILES string of the molecule is CC(C)(C)OC(=O)N1CC(F)(F)CC1CCC=O. The standard InChI is InChI=1S/C12H19F2NO3/c1-11(2,3)18-10(17)15-8-12(13,14)7-9(15)5-4-6-16/h6,9H,4-5,7-8H2,1-3H3. The highest BCUT2D eigenvalue weighted by Crippen LogP contribution is 2.34. The van der Waals surface area contributed by atoms with Crippen LogP contribution in [0, 0.1) is 0 Å². The van der Waals surface area contributed by atoms with Gasteiger partial charge in [-0.3, -0.25) is 4.90 Å². The lowest BCUT2D eigenvalue weighted by molar-refractivity contribution is -0.108. The lowest BCUT2D eigenvalue weighted by Gasteiger charge is -2.27. The van der Waals surface area contributed by atoms with Crippen molar-refractivity contribution in [2.24, 2.45) is 0 Å². The monoisotopic (exact) mass is 263 g/mol. The molecule has 0 aliphatic carbocycles. The lowest BCUT2D eigenvalue weighted by atomic mass is 10.1. The zero-order chi connectivity index (χ0) is 14.0. The first-order chi connectivity index (χ1) is 8.14. The van der Waals surface area contributed by atoms with Crippen LogP contribution in [0.25, 0.3) is 0 Å². The topological polar surface area (TPSA) is 46.6 Å². The predicted octanol–water partition coefficient (Wildman–Crippen LogP) is 2.61. The van der Waals surface area contributed by atoms with Gasteiger partial charge in [0.25, 0.3) is 5.92 Å². The van der Waals surface area contributed by atoms with Gasteiger partial charge < -0.3 is 9.53 Å². The molecule has 1 atom stereocenters. The molecule has 1 unspecified atom stereocenters. The summed E-state index contributed by atoms with van der Waals surface area (Å²) in [5.74, 6) is -2.90. The zero-order valence-electron chi connectivity index (χ0n) is 10.9. The van der Waals surface area contributed by atoms with Gasteiger partial charge in [0, 0.05) is 18.9 Å². The van der Waals surface area contributed by atoms with Crippen molar-refractivity contribution in [3.05, 3.63) is 0 Å². The Morgan fingerprint density at radius 3 is 2.61 bits per heavy atom. The smallest absolute Gasteiger partial charge is 0.410 e. The zero-order valence-corrected chi connectivity index (χ0v) is 10.9. The minimum atomic E-state index is -2.90. The lowest BCUT2D eigenvalue weighted by Crippen LogP contribution is -2.40. The second-order valence-corrected chi connectivity index (χ2v) is 5.57. The van der Waals surface area contributed by atoms with Gasteiger partial charge in [-0.15, -0.1) is 0 Å². The molecule has 6 heteroatoms. The summed E-state index contributed by atoms with van der Waals surface area (Å²) in [6, 6.07) is -0.625. The minimum Gasteiger partial charge on any atom is -0.444 e. The molecule has 0 radical (unpaired) electrons. The van der Waals surface area contributed by atoms with E-state index in [0.717, 1.165) is 4.90 Å². The number of likely N-dealkylation sites (tertiary alicyclic amines) is 1. The Balaban J connectivity index is 2.71. The van der Waals surface area contributed by atoms with Gasteiger partial charge in [0.2, 0.25) is 0 Å². The first-order valence-electron chi connectivity index (χ1n) is 5.96. The summed E-state index contributed by atoms with van der Waals surface area (Å²) in [4.78, 5) is 23.1. The van der Waals surface area contributed by atoms with Crippen LogP contribution in [0.3, 0.4) is 0 Å². The van der Waals surface area contributed by atoms with E-state index in [4.69, 9.17) is 4.74 Å². The largest absolute Gasteiger partial charge is 0.444 e. The summed E-state index contributed by atoms with van der Waals surface area (Å²) in [6.45, 7) is 4.41. The third kappa shape index (κ3) is 4.23. The first-order valence-corrected chi connectivity index (χ1v) is 5.96. The Bertz CT molecular complexity index is 326. The molecule has 1 aliphatic rings. The van der Waals surface area contributed by atoms with E-state index < -0.39 is 36.6 Å². The fraction of sp³-hybridized carbons (Fsp3) is 0.833. The average molecular weight is 263 g/mol. The molecule has 0 aromatic rings. The number of carbonyl (C=O) groups is 2. The number of hydrogen-bond acceptors (Lipinski definition) is 3. The molecule has 1 fully saturated rings. The van der Waals surface area contributed by atoms with Crippen molar-refractivity contribution >= 4 is 12.4 Å². The highest BCUT2D eigenvalue weighted by atomic mass is 19.3. The Morgan fingerprint density at radius 1 is 1.50 bits per heavy atom. The molecular formula is C12H19F2NO3. The number of hydrogen-bond donors (Lipinski definition) is 0. The van der Waals surface area contributed by atoms with Crippen LogP contribution in [0.2, 0.25) is 0 Å². The first kappa shape index (κ1) is 14.9.